The zero-order chi connectivity index (χ0) is 10.7. The van der Waals surface area contributed by atoms with Gasteiger partial charge < -0.3 is 5.32 Å². The molecule has 0 spiro atoms. The van der Waals surface area contributed by atoms with Crippen molar-refractivity contribution in [2.24, 2.45) is 0 Å². The van der Waals surface area contributed by atoms with Gasteiger partial charge in [0.05, 0.1) is 12.2 Å². The van der Waals surface area contributed by atoms with Crippen molar-refractivity contribution in [1.82, 2.24) is 0 Å². The van der Waals surface area contributed by atoms with E-state index in [4.69, 9.17) is 11.6 Å². The number of benzene rings is 1. The highest BCUT2D eigenvalue weighted by molar-refractivity contribution is 6.29. The molecule has 0 unspecified atom stereocenters. The maximum Gasteiger partial charge on any atom is 0.161 e. The standard InChI is InChI=1S/C9H7ClF3N/c1-5(10)4-14-9-3-7(12)6(11)2-8(9)13/h2-3,14H,1,4H2. The molecule has 1 rings (SSSR count). The van der Waals surface area contributed by atoms with Crippen LogP contribution >= 0.6 is 11.6 Å². The molecule has 1 N–H and O–H groups in total. The lowest BCUT2D eigenvalue weighted by molar-refractivity contribution is 0.496. The van der Waals surface area contributed by atoms with E-state index >= 15 is 0 Å². The molecule has 1 nitrogen and oxygen atoms in total. The Morgan fingerprint density at radius 1 is 1.21 bits per heavy atom. The number of rotatable bonds is 3. The maximum absolute atomic E-state index is 12.9. The van der Waals surface area contributed by atoms with Crippen LogP contribution in [0.1, 0.15) is 0 Å². The van der Waals surface area contributed by atoms with Gasteiger partial charge in [-0.3, -0.25) is 0 Å². The molecule has 1 aromatic carbocycles. The summed E-state index contributed by atoms with van der Waals surface area (Å²) < 4.78 is 38.1. The molecule has 5 heteroatoms. The average molecular weight is 222 g/mol. The van der Waals surface area contributed by atoms with Crippen LogP contribution in [0.5, 0.6) is 0 Å². The summed E-state index contributed by atoms with van der Waals surface area (Å²) in [6, 6.07) is 1.19. The van der Waals surface area contributed by atoms with Crippen LogP contribution in [0.3, 0.4) is 0 Å². The summed E-state index contributed by atoms with van der Waals surface area (Å²) in [5.41, 5.74) is -0.147. The van der Waals surface area contributed by atoms with Crippen molar-refractivity contribution in [1.29, 1.82) is 0 Å². The molecule has 1 aromatic rings. The van der Waals surface area contributed by atoms with Gasteiger partial charge in [-0.05, 0) is 0 Å². The topological polar surface area (TPSA) is 12.0 Å². The Morgan fingerprint density at radius 2 is 1.79 bits per heavy atom. The van der Waals surface area contributed by atoms with Crippen molar-refractivity contribution in [2.45, 2.75) is 0 Å². The molecule has 0 radical (unpaired) electrons. The first-order chi connectivity index (χ1) is 6.50. The molecule has 0 fully saturated rings. The van der Waals surface area contributed by atoms with E-state index in [9.17, 15) is 13.2 Å². The van der Waals surface area contributed by atoms with Gasteiger partial charge in [0.2, 0.25) is 0 Å². The van der Waals surface area contributed by atoms with Crippen LogP contribution in [-0.4, -0.2) is 6.54 Å². The molecule has 0 bridgehead atoms. The van der Waals surface area contributed by atoms with Crippen LogP contribution in [-0.2, 0) is 0 Å². The highest BCUT2D eigenvalue weighted by Gasteiger charge is 2.08. The van der Waals surface area contributed by atoms with Gasteiger partial charge in [-0.15, -0.1) is 0 Å². The fourth-order valence-electron chi connectivity index (χ4n) is 0.849. The number of nitrogens with one attached hydrogen (secondary N) is 1. The molecule has 0 saturated carbocycles. The second-order valence-corrected chi connectivity index (χ2v) is 3.15. The SMILES string of the molecule is C=C(Cl)CNc1cc(F)c(F)cc1F. The maximum atomic E-state index is 12.9. The minimum Gasteiger partial charge on any atom is -0.378 e. The first kappa shape index (κ1) is 10.9. The number of halogens is 4. The number of hydrogen-bond donors (Lipinski definition) is 1. The monoisotopic (exact) mass is 221 g/mol. The third-order valence-electron chi connectivity index (χ3n) is 1.48. The lowest BCUT2D eigenvalue weighted by Gasteiger charge is -2.06. The number of hydrogen-bond acceptors (Lipinski definition) is 1. The van der Waals surface area contributed by atoms with Gasteiger partial charge in [-0.25, -0.2) is 13.2 Å². The minimum absolute atomic E-state index is 0.0869. The smallest absolute Gasteiger partial charge is 0.161 e. The summed E-state index contributed by atoms with van der Waals surface area (Å²) in [6.07, 6.45) is 0. The molecule has 0 saturated heterocycles. The summed E-state index contributed by atoms with van der Waals surface area (Å²) in [4.78, 5) is 0. The third kappa shape index (κ3) is 2.67. The Kier molecular flexibility index (Phi) is 3.41. The van der Waals surface area contributed by atoms with Gasteiger partial charge in [0, 0.05) is 17.2 Å². The molecule has 0 aromatic heterocycles. The first-order valence-electron chi connectivity index (χ1n) is 3.72. The first-order valence-corrected chi connectivity index (χ1v) is 4.10. The van der Waals surface area contributed by atoms with E-state index in [-0.39, 0.29) is 17.3 Å². The van der Waals surface area contributed by atoms with Gasteiger partial charge in [0.15, 0.2) is 11.6 Å². The van der Waals surface area contributed by atoms with E-state index in [1.54, 1.807) is 0 Å². The lowest BCUT2D eigenvalue weighted by Crippen LogP contribution is -2.04. The molecule has 0 aliphatic heterocycles. The molecule has 14 heavy (non-hydrogen) atoms. The van der Waals surface area contributed by atoms with Gasteiger partial charge in [0.1, 0.15) is 5.82 Å². The van der Waals surface area contributed by atoms with Crippen LogP contribution in [0.15, 0.2) is 23.7 Å². The van der Waals surface area contributed by atoms with Gasteiger partial charge >= 0.3 is 0 Å². The van der Waals surface area contributed by atoms with Crippen molar-refractivity contribution >= 4 is 17.3 Å². The van der Waals surface area contributed by atoms with Crippen LogP contribution in [0, 0.1) is 17.5 Å². The summed E-state index contributed by atoms with van der Waals surface area (Å²) in [5, 5.41) is 2.71. The molecule has 0 heterocycles. The second-order valence-electron chi connectivity index (χ2n) is 2.62. The number of anilines is 1. The molecule has 0 amide bonds. The minimum atomic E-state index is -1.22. The van der Waals surface area contributed by atoms with Crippen LogP contribution in [0.25, 0.3) is 0 Å². The summed E-state index contributed by atoms with van der Waals surface area (Å²) in [7, 11) is 0. The fraction of sp³-hybridized carbons (Fsp3) is 0.111. The molecule has 76 valence electrons. The van der Waals surface area contributed by atoms with Crippen molar-refractivity contribution in [3.05, 3.63) is 41.2 Å². The van der Waals surface area contributed by atoms with E-state index in [2.05, 4.69) is 11.9 Å². The molecule has 0 atom stereocenters. The Hall–Kier alpha value is -1.16. The van der Waals surface area contributed by atoms with Crippen molar-refractivity contribution in [3.63, 3.8) is 0 Å². The zero-order valence-electron chi connectivity index (χ0n) is 7.08. The highest BCUT2D eigenvalue weighted by Crippen LogP contribution is 2.18. The van der Waals surface area contributed by atoms with Crippen LogP contribution in [0.4, 0.5) is 18.9 Å². The summed E-state index contributed by atoms with van der Waals surface area (Å²) in [6.45, 7) is 3.44. The Morgan fingerprint density at radius 3 is 2.36 bits per heavy atom. The quantitative estimate of drug-likeness (QED) is 0.773. The van der Waals surface area contributed by atoms with Gasteiger partial charge in [-0.2, -0.15) is 0 Å². The predicted octanol–water partition coefficient (Wildman–Crippen LogP) is 3.27. The van der Waals surface area contributed by atoms with E-state index in [1.165, 1.54) is 0 Å². The molecule has 0 aliphatic rings. The average Bonchev–Trinajstić information content (AvgIpc) is 2.09. The largest absolute Gasteiger partial charge is 0.378 e. The Balaban J connectivity index is 2.87. The van der Waals surface area contributed by atoms with Crippen LogP contribution in [0.2, 0.25) is 0 Å². The van der Waals surface area contributed by atoms with Crippen molar-refractivity contribution in [3.8, 4) is 0 Å². The van der Waals surface area contributed by atoms with E-state index in [0.717, 1.165) is 6.07 Å². The normalized spacial score (nSPS) is 10.0. The van der Waals surface area contributed by atoms with E-state index in [0.29, 0.717) is 6.07 Å². The van der Waals surface area contributed by atoms with Crippen molar-refractivity contribution < 1.29 is 13.2 Å². The lowest BCUT2D eigenvalue weighted by atomic mass is 10.3. The molecular formula is C9H7ClF3N. The summed E-state index contributed by atoms with van der Waals surface area (Å²) >= 11 is 5.40. The Bertz CT molecular complexity index is 365. The van der Waals surface area contributed by atoms with E-state index < -0.39 is 17.5 Å². The third-order valence-corrected chi connectivity index (χ3v) is 1.61. The molecular weight excluding hydrogens is 215 g/mol. The van der Waals surface area contributed by atoms with Crippen LogP contribution < -0.4 is 5.32 Å². The van der Waals surface area contributed by atoms with Crippen molar-refractivity contribution in [2.75, 3.05) is 11.9 Å². The summed E-state index contributed by atoms with van der Waals surface area (Å²) in [5.74, 6) is -3.21. The predicted molar refractivity (Wildman–Crippen MR) is 49.8 cm³/mol. The second kappa shape index (κ2) is 4.37. The zero-order valence-corrected chi connectivity index (χ0v) is 7.84. The fourth-order valence-corrected chi connectivity index (χ4v) is 0.916. The Labute approximate surface area is 84.2 Å². The van der Waals surface area contributed by atoms with Gasteiger partial charge in [0.25, 0.3) is 0 Å². The molecule has 0 aliphatic carbocycles. The van der Waals surface area contributed by atoms with E-state index in [1.807, 2.05) is 0 Å². The highest BCUT2D eigenvalue weighted by atomic mass is 35.5. The van der Waals surface area contributed by atoms with Gasteiger partial charge in [-0.1, -0.05) is 18.2 Å².